The molecule has 1 heterocycles. The minimum Gasteiger partial charge on any atom is -0.225 e. The highest BCUT2D eigenvalue weighted by atomic mass is 15.0. The first-order valence-corrected chi connectivity index (χ1v) is 4.47. The zero-order valence-electron chi connectivity index (χ0n) is 8.23. The quantitative estimate of drug-likeness (QED) is 0.683. The Hall–Kier alpha value is -1.77. The lowest BCUT2D eigenvalue weighted by molar-refractivity contribution is 1.05. The lowest BCUT2D eigenvalue weighted by Gasteiger charge is -2.03. The van der Waals surface area contributed by atoms with Gasteiger partial charge in [-0.3, -0.25) is 0 Å². The molecule has 0 bridgehead atoms. The molecule has 0 fully saturated rings. The van der Waals surface area contributed by atoms with Crippen LogP contribution < -0.4 is 0 Å². The molecule has 0 atom stereocenters. The van der Waals surface area contributed by atoms with Gasteiger partial charge in [0.2, 0.25) is 0 Å². The molecule has 0 radical (unpaired) electrons. The molecule has 0 unspecified atom stereocenters. The summed E-state index contributed by atoms with van der Waals surface area (Å²) in [5.74, 6) is 0.734. The Kier molecular flexibility index (Phi) is 2.23. The van der Waals surface area contributed by atoms with Crippen molar-refractivity contribution in [2.45, 2.75) is 13.8 Å². The second-order valence-corrected chi connectivity index (χ2v) is 3.28. The Morgan fingerprint density at radius 1 is 1.00 bits per heavy atom. The SMILES string of the molecule is Cc1ccc(-c2ncncn2)c(C)c1. The first kappa shape index (κ1) is 8.81. The van der Waals surface area contributed by atoms with E-state index >= 15 is 0 Å². The predicted octanol–water partition coefficient (Wildman–Crippen LogP) is 2.16. The molecule has 0 saturated carbocycles. The maximum absolute atomic E-state index is 4.12. The van der Waals surface area contributed by atoms with Gasteiger partial charge >= 0.3 is 0 Å². The van der Waals surface area contributed by atoms with Gasteiger partial charge in [-0.1, -0.05) is 23.8 Å². The highest BCUT2D eigenvalue weighted by Crippen LogP contribution is 2.19. The van der Waals surface area contributed by atoms with Gasteiger partial charge < -0.3 is 0 Å². The lowest BCUT2D eigenvalue weighted by atomic mass is 10.1. The summed E-state index contributed by atoms with van der Waals surface area (Å²) in [5.41, 5.74) is 3.51. The van der Waals surface area contributed by atoms with E-state index in [0.29, 0.717) is 0 Å². The van der Waals surface area contributed by atoms with Crippen molar-refractivity contribution in [1.29, 1.82) is 0 Å². The van der Waals surface area contributed by atoms with Crippen molar-refractivity contribution < 1.29 is 0 Å². The van der Waals surface area contributed by atoms with Crippen LogP contribution in [0.5, 0.6) is 0 Å². The monoisotopic (exact) mass is 185 g/mol. The van der Waals surface area contributed by atoms with Crippen LogP contribution in [0, 0.1) is 13.8 Å². The summed E-state index contributed by atoms with van der Waals surface area (Å²) in [6, 6.07) is 6.23. The highest BCUT2D eigenvalue weighted by Gasteiger charge is 2.03. The molecule has 0 aliphatic carbocycles. The topological polar surface area (TPSA) is 38.7 Å². The molecule has 2 aromatic rings. The van der Waals surface area contributed by atoms with Crippen molar-refractivity contribution in [1.82, 2.24) is 15.0 Å². The van der Waals surface area contributed by atoms with Crippen LogP contribution >= 0.6 is 0 Å². The van der Waals surface area contributed by atoms with E-state index in [1.165, 1.54) is 23.8 Å². The van der Waals surface area contributed by atoms with Gasteiger partial charge in [0, 0.05) is 5.56 Å². The Morgan fingerprint density at radius 3 is 2.36 bits per heavy atom. The molecule has 0 aliphatic rings. The van der Waals surface area contributed by atoms with E-state index in [9.17, 15) is 0 Å². The molecule has 1 aromatic carbocycles. The number of aryl methyl sites for hydroxylation is 2. The van der Waals surface area contributed by atoms with E-state index in [4.69, 9.17) is 0 Å². The van der Waals surface area contributed by atoms with Gasteiger partial charge in [0.1, 0.15) is 12.7 Å². The molecule has 0 aliphatic heterocycles. The van der Waals surface area contributed by atoms with Crippen LogP contribution in [0.15, 0.2) is 30.9 Å². The molecule has 0 amide bonds. The lowest BCUT2D eigenvalue weighted by Crippen LogP contribution is -1.91. The number of nitrogens with zero attached hydrogens (tertiary/aromatic N) is 3. The van der Waals surface area contributed by atoms with E-state index in [1.807, 2.05) is 6.07 Å². The Balaban J connectivity index is 2.53. The fourth-order valence-corrected chi connectivity index (χ4v) is 1.44. The van der Waals surface area contributed by atoms with Crippen LogP contribution in [0.3, 0.4) is 0 Å². The van der Waals surface area contributed by atoms with Crippen LogP contribution in [-0.2, 0) is 0 Å². The van der Waals surface area contributed by atoms with Crippen molar-refractivity contribution in [2.75, 3.05) is 0 Å². The zero-order valence-corrected chi connectivity index (χ0v) is 8.23. The van der Waals surface area contributed by atoms with Crippen LogP contribution in [-0.4, -0.2) is 15.0 Å². The molecule has 3 heteroatoms. The van der Waals surface area contributed by atoms with Crippen LogP contribution in [0.25, 0.3) is 11.4 Å². The largest absolute Gasteiger partial charge is 0.225 e. The number of benzene rings is 1. The molecule has 2 rings (SSSR count). The first-order valence-electron chi connectivity index (χ1n) is 4.47. The maximum Gasteiger partial charge on any atom is 0.162 e. The van der Waals surface area contributed by atoms with Crippen molar-refractivity contribution in [3.63, 3.8) is 0 Å². The van der Waals surface area contributed by atoms with E-state index in [1.54, 1.807) is 0 Å². The van der Waals surface area contributed by atoms with Crippen LogP contribution in [0.4, 0.5) is 0 Å². The van der Waals surface area contributed by atoms with Crippen LogP contribution in [0.2, 0.25) is 0 Å². The smallest absolute Gasteiger partial charge is 0.162 e. The summed E-state index contributed by atoms with van der Waals surface area (Å²) >= 11 is 0. The van der Waals surface area contributed by atoms with E-state index in [0.717, 1.165) is 11.4 Å². The van der Waals surface area contributed by atoms with Gasteiger partial charge in [0.05, 0.1) is 0 Å². The van der Waals surface area contributed by atoms with Gasteiger partial charge in [0.25, 0.3) is 0 Å². The third kappa shape index (κ3) is 1.62. The summed E-state index contributed by atoms with van der Waals surface area (Å²) < 4.78 is 0. The number of aromatic nitrogens is 3. The van der Waals surface area contributed by atoms with Crippen molar-refractivity contribution in [2.24, 2.45) is 0 Å². The minimum absolute atomic E-state index is 0.734. The highest BCUT2D eigenvalue weighted by molar-refractivity contribution is 5.59. The minimum atomic E-state index is 0.734. The average molecular weight is 185 g/mol. The standard InChI is InChI=1S/C11H11N3/c1-8-3-4-10(9(2)5-8)11-13-6-12-7-14-11/h3-7H,1-2H3. The number of hydrogen-bond donors (Lipinski definition) is 0. The second-order valence-electron chi connectivity index (χ2n) is 3.28. The Labute approximate surface area is 82.9 Å². The Morgan fingerprint density at radius 2 is 1.71 bits per heavy atom. The molecule has 0 N–H and O–H groups in total. The zero-order chi connectivity index (χ0) is 9.97. The van der Waals surface area contributed by atoms with Crippen molar-refractivity contribution in [3.05, 3.63) is 42.0 Å². The summed E-state index contributed by atoms with van der Waals surface area (Å²) in [4.78, 5) is 12.0. The first-order chi connectivity index (χ1) is 6.77. The fourth-order valence-electron chi connectivity index (χ4n) is 1.44. The molecule has 3 nitrogen and oxygen atoms in total. The normalized spacial score (nSPS) is 10.1. The van der Waals surface area contributed by atoms with E-state index in [2.05, 4.69) is 40.9 Å². The molecule has 1 aromatic heterocycles. The molecule has 0 spiro atoms. The fraction of sp³-hybridized carbons (Fsp3) is 0.182. The van der Waals surface area contributed by atoms with Crippen molar-refractivity contribution >= 4 is 0 Å². The predicted molar refractivity (Wildman–Crippen MR) is 54.7 cm³/mol. The third-order valence-electron chi connectivity index (χ3n) is 2.12. The third-order valence-corrected chi connectivity index (χ3v) is 2.12. The second kappa shape index (κ2) is 3.54. The van der Waals surface area contributed by atoms with Gasteiger partial charge in [-0.15, -0.1) is 0 Å². The van der Waals surface area contributed by atoms with Gasteiger partial charge in [-0.25, -0.2) is 15.0 Å². The molecule has 70 valence electrons. The molecule has 14 heavy (non-hydrogen) atoms. The Bertz CT molecular complexity index is 438. The molecular formula is C11H11N3. The summed E-state index contributed by atoms with van der Waals surface area (Å²) in [5, 5.41) is 0. The molecule has 0 saturated heterocycles. The number of rotatable bonds is 1. The maximum atomic E-state index is 4.12. The number of hydrogen-bond acceptors (Lipinski definition) is 3. The summed E-state index contributed by atoms with van der Waals surface area (Å²) in [7, 11) is 0. The van der Waals surface area contributed by atoms with Gasteiger partial charge in [-0.2, -0.15) is 0 Å². The van der Waals surface area contributed by atoms with Crippen molar-refractivity contribution in [3.8, 4) is 11.4 Å². The van der Waals surface area contributed by atoms with Crippen LogP contribution in [0.1, 0.15) is 11.1 Å². The van der Waals surface area contributed by atoms with E-state index in [-0.39, 0.29) is 0 Å². The summed E-state index contributed by atoms with van der Waals surface area (Å²) in [6.45, 7) is 4.14. The van der Waals surface area contributed by atoms with Gasteiger partial charge in [0.15, 0.2) is 5.82 Å². The molecular weight excluding hydrogens is 174 g/mol. The van der Waals surface area contributed by atoms with Gasteiger partial charge in [-0.05, 0) is 19.4 Å². The summed E-state index contributed by atoms with van der Waals surface area (Å²) in [6.07, 6.45) is 3.03. The average Bonchev–Trinajstić information content (AvgIpc) is 2.19. The van der Waals surface area contributed by atoms with E-state index < -0.39 is 0 Å².